The van der Waals surface area contributed by atoms with Gasteiger partial charge in [-0.2, -0.15) is 0 Å². The molecule has 0 bridgehead atoms. The average Bonchev–Trinajstić information content (AvgIpc) is 2.53. The molecule has 2 heteroatoms. The van der Waals surface area contributed by atoms with Crippen molar-refractivity contribution in [1.82, 2.24) is 0 Å². The van der Waals surface area contributed by atoms with E-state index in [-0.39, 0.29) is 5.97 Å². The highest BCUT2D eigenvalue weighted by Gasteiger charge is 2.14. The largest absolute Gasteiger partial charge is 0.465 e. The fourth-order valence-corrected chi connectivity index (χ4v) is 1.89. The summed E-state index contributed by atoms with van der Waals surface area (Å²) in [7, 11) is 1.37. The van der Waals surface area contributed by atoms with E-state index in [0.717, 1.165) is 11.1 Å². The van der Waals surface area contributed by atoms with Crippen molar-refractivity contribution in [3.05, 3.63) is 83.9 Å². The van der Waals surface area contributed by atoms with Crippen molar-refractivity contribution < 1.29 is 9.53 Å². The third-order valence-corrected chi connectivity index (χ3v) is 2.96. The minimum absolute atomic E-state index is 0.386. The van der Waals surface area contributed by atoms with E-state index in [1.807, 2.05) is 60.7 Å². The number of hydrogen-bond donors (Lipinski definition) is 0. The van der Waals surface area contributed by atoms with Gasteiger partial charge >= 0.3 is 5.97 Å². The molecular formula is C18H16O2. The Morgan fingerprint density at radius 1 is 1.00 bits per heavy atom. The first-order valence-electron chi connectivity index (χ1n) is 6.32. The van der Waals surface area contributed by atoms with Gasteiger partial charge in [-0.1, -0.05) is 67.2 Å². The SMILES string of the molecule is C=C(/C(=C\c1ccccc1)C(=O)OC)c1ccccc1. The van der Waals surface area contributed by atoms with Gasteiger partial charge < -0.3 is 4.74 Å². The average molecular weight is 264 g/mol. The van der Waals surface area contributed by atoms with Crippen molar-refractivity contribution in [3.63, 3.8) is 0 Å². The van der Waals surface area contributed by atoms with Crippen LogP contribution in [0.15, 0.2) is 72.8 Å². The molecule has 0 radical (unpaired) electrons. The molecule has 20 heavy (non-hydrogen) atoms. The van der Waals surface area contributed by atoms with Crippen molar-refractivity contribution in [2.45, 2.75) is 0 Å². The number of rotatable bonds is 4. The maximum atomic E-state index is 12.0. The molecule has 0 heterocycles. The zero-order valence-electron chi connectivity index (χ0n) is 11.4. The number of benzene rings is 2. The van der Waals surface area contributed by atoms with E-state index in [9.17, 15) is 4.79 Å². The highest BCUT2D eigenvalue weighted by Crippen LogP contribution is 2.24. The van der Waals surface area contributed by atoms with Gasteiger partial charge in [0.15, 0.2) is 0 Å². The summed E-state index contributed by atoms with van der Waals surface area (Å²) < 4.78 is 4.86. The van der Waals surface area contributed by atoms with Crippen molar-refractivity contribution in [2.75, 3.05) is 7.11 Å². The molecule has 0 aromatic heterocycles. The first-order valence-corrected chi connectivity index (χ1v) is 6.32. The Hall–Kier alpha value is -2.61. The summed E-state index contributed by atoms with van der Waals surface area (Å²) in [5, 5.41) is 0. The summed E-state index contributed by atoms with van der Waals surface area (Å²) in [6.45, 7) is 4.02. The van der Waals surface area contributed by atoms with Crippen molar-refractivity contribution in [3.8, 4) is 0 Å². The Balaban J connectivity index is 2.41. The second kappa shape index (κ2) is 6.53. The fourth-order valence-electron chi connectivity index (χ4n) is 1.89. The first kappa shape index (κ1) is 13.8. The van der Waals surface area contributed by atoms with Crippen LogP contribution in [0.5, 0.6) is 0 Å². The van der Waals surface area contributed by atoms with Gasteiger partial charge in [-0.15, -0.1) is 0 Å². The molecule has 2 nitrogen and oxygen atoms in total. The van der Waals surface area contributed by atoms with Gasteiger partial charge in [0.05, 0.1) is 12.7 Å². The van der Waals surface area contributed by atoms with Crippen LogP contribution in [0.3, 0.4) is 0 Å². The summed E-state index contributed by atoms with van der Waals surface area (Å²) in [6.07, 6.45) is 1.79. The fraction of sp³-hybridized carbons (Fsp3) is 0.0556. The van der Waals surface area contributed by atoms with E-state index in [0.29, 0.717) is 11.1 Å². The van der Waals surface area contributed by atoms with E-state index in [4.69, 9.17) is 4.74 Å². The van der Waals surface area contributed by atoms with Crippen molar-refractivity contribution in [1.29, 1.82) is 0 Å². The van der Waals surface area contributed by atoms with E-state index in [1.165, 1.54) is 7.11 Å². The summed E-state index contributed by atoms with van der Waals surface area (Å²) in [5.41, 5.74) is 2.95. The number of hydrogen-bond acceptors (Lipinski definition) is 2. The molecule has 0 N–H and O–H groups in total. The molecule has 0 saturated carbocycles. The predicted molar refractivity (Wildman–Crippen MR) is 81.9 cm³/mol. The number of carbonyl (C=O) groups is 1. The minimum atomic E-state index is -0.386. The van der Waals surface area contributed by atoms with Crippen molar-refractivity contribution >= 4 is 17.6 Å². The summed E-state index contributed by atoms with van der Waals surface area (Å²) in [6, 6.07) is 19.2. The topological polar surface area (TPSA) is 26.3 Å². The van der Waals surface area contributed by atoms with Gasteiger partial charge in [0.2, 0.25) is 0 Å². The van der Waals surface area contributed by atoms with Gasteiger partial charge in [0.25, 0.3) is 0 Å². The highest BCUT2D eigenvalue weighted by molar-refractivity contribution is 6.09. The Morgan fingerprint density at radius 2 is 1.55 bits per heavy atom. The molecule has 0 spiro atoms. The van der Waals surface area contributed by atoms with Crippen LogP contribution in [0.2, 0.25) is 0 Å². The molecule has 0 aliphatic heterocycles. The van der Waals surface area contributed by atoms with Crippen LogP contribution in [-0.2, 0) is 9.53 Å². The lowest BCUT2D eigenvalue weighted by Crippen LogP contribution is -2.06. The Bertz CT molecular complexity index is 625. The number of esters is 1. The van der Waals surface area contributed by atoms with E-state index in [2.05, 4.69) is 6.58 Å². The minimum Gasteiger partial charge on any atom is -0.465 e. The molecule has 0 aliphatic rings. The monoisotopic (exact) mass is 264 g/mol. The molecule has 0 amide bonds. The maximum Gasteiger partial charge on any atom is 0.338 e. The van der Waals surface area contributed by atoms with Crippen molar-refractivity contribution in [2.24, 2.45) is 0 Å². The zero-order chi connectivity index (χ0) is 14.4. The predicted octanol–water partition coefficient (Wildman–Crippen LogP) is 3.96. The van der Waals surface area contributed by atoms with Gasteiger partial charge in [-0.3, -0.25) is 0 Å². The molecule has 0 atom stereocenters. The van der Waals surface area contributed by atoms with Gasteiger partial charge in [0, 0.05) is 0 Å². The number of ether oxygens (including phenoxy) is 1. The number of carbonyl (C=O) groups excluding carboxylic acids is 1. The molecule has 2 aromatic rings. The van der Waals surface area contributed by atoms with Crippen LogP contribution >= 0.6 is 0 Å². The summed E-state index contributed by atoms with van der Waals surface area (Å²) in [5.74, 6) is -0.386. The molecule has 0 fully saturated rings. The lowest BCUT2D eigenvalue weighted by molar-refractivity contribution is -0.135. The number of methoxy groups -OCH3 is 1. The van der Waals surface area contributed by atoms with Crippen LogP contribution in [0.4, 0.5) is 0 Å². The second-order valence-corrected chi connectivity index (χ2v) is 4.30. The van der Waals surface area contributed by atoms with Crippen LogP contribution in [0.1, 0.15) is 11.1 Å². The maximum absolute atomic E-state index is 12.0. The standard InChI is InChI=1S/C18H16O2/c1-14(16-11-7-4-8-12-16)17(18(19)20-2)13-15-9-5-3-6-10-15/h3-13H,1H2,2H3/b17-13+. The third-order valence-electron chi connectivity index (χ3n) is 2.96. The van der Waals surface area contributed by atoms with Crippen LogP contribution in [-0.4, -0.2) is 13.1 Å². The molecule has 2 rings (SSSR count). The smallest absolute Gasteiger partial charge is 0.338 e. The Kier molecular flexibility index (Phi) is 4.51. The Labute approximate surface area is 119 Å². The molecule has 0 aliphatic carbocycles. The van der Waals surface area contributed by atoms with Crippen LogP contribution < -0.4 is 0 Å². The molecule has 100 valence electrons. The van der Waals surface area contributed by atoms with Gasteiger partial charge in [-0.25, -0.2) is 4.79 Å². The second-order valence-electron chi connectivity index (χ2n) is 4.30. The molecule has 0 saturated heterocycles. The molecular weight excluding hydrogens is 248 g/mol. The van der Waals surface area contributed by atoms with Gasteiger partial charge in [0.1, 0.15) is 0 Å². The zero-order valence-corrected chi connectivity index (χ0v) is 11.4. The van der Waals surface area contributed by atoms with Crippen LogP contribution in [0, 0.1) is 0 Å². The quantitative estimate of drug-likeness (QED) is 0.474. The molecule has 2 aromatic carbocycles. The summed E-state index contributed by atoms with van der Waals surface area (Å²) >= 11 is 0. The van der Waals surface area contributed by atoms with E-state index >= 15 is 0 Å². The Morgan fingerprint density at radius 3 is 2.10 bits per heavy atom. The van der Waals surface area contributed by atoms with E-state index in [1.54, 1.807) is 6.08 Å². The van der Waals surface area contributed by atoms with Gasteiger partial charge in [-0.05, 0) is 22.8 Å². The first-order chi connectivity index (χ1) is 9.72. The third kappa shape index (κ3) is 3.23. The lowest BCUT2D eigenvalue weighted by Gasteiger charge is -2.09. The van der Waals surface area contributed by atoms with Crippen LogP contribution in [0.25, 0.3) is 11.6 Å². The normalized spacial score (nSPS) is 10.9. The van der Waals surface area contributed by atoms with E-state index < -0.39 is 0 Å². The lowest BCUT2D eigenvalue weighted by atomic mass is 9.97. The highest BCUT2D eigenvalue weighted by atomic mass is 16.5. The molecule has 0 unspecified atom stereocenters. The summed E-state index contributed by atoms with van der Waals surface area (Å²) in [4.78, 5) is 12.0.